The lowest BCUT2D eigenvalue weighted by atomic mass is 10.1. The smallest absolute Gasteiger partial charge is 0.271 e. The Hall–Kier alpha value is -2.88. The van der Waals surface area contributed by atoms with Gasteiger partial charge in [0.1, 0.15) is 5.75 Å². The molecule has 24 heavy (non-hydrogen) atoms. The monoisotopic (exact) mass is 322 g/mol. The number of nitrogens with one attached hydrogen (secondary N) is 1. The average Bonchev–Trinajstić information content (AvgIpc) is 2.55. The van der Waals surface area contributed by atoms with Crippen molar-refractivity contribution in [2.45, 2.75) is 26.9 Å². The highest BCUT2D eigenvalue weighted by molar-refractivity contribution is 5.95. The van der Waals surface area contributed by atoms with E-state index in [1.54, 1.807) is 30.5 Å². The SMILES string of the molecule is CC(/C=N\NC(=O)c1ccc(OC(C)C)cc1)=C\c1ccccc1. The van der Waals surface area contributed by atoms with Gasteiger partial charge in [-0.15, -0.1) is 0 Å². The van der Waals surface area contributed by atoms with Crippen molar-refractivity contribution in [1.29, 1.82) is 0 Å². The largest absolute Gasteiger partial charge is 0.491 e. The number of allylic oxidation sites excluding steroid dienone is 1. The molecule has 0 atom stereocenters. The molecule has 124 valence electrons. The van der Waals surface area contributed by atoms with Crippen molar-refractivity contribution in [1.82, 2.24) is 5.43 Å². The van der Waals surface area contributed by atoms with Gasteiger partial charge in [-0.2, -0.15) is 5.10 Å². The summed E-state index contributed by atoms with van der Waals surface area (Å²) < 4.78 is 5.55. The van der Waals surface area contributed by atoms with Crippen molar-refractivity contribution < 1.29 is 9.53 Å². The Kier molecular flexibility index (Phi) is 6.32. The molecule has 0 aromatic heterocycles. The molecule has 0 radical (unpaired) electrons. The van der Waals surface area contributed by atoms with Crippen LogP contribution in [0.25, 0.3) is 6.08 Å². The minimum atomic E-state index is -0.255. The summed E-state index contributed by atoms with van der Waals surface area (Å²) in [5.41, 5.74) is 5.10. The lowest BCUT2D eigenvalue weighted by Crippen LogP contribution is -2.17. The fourth-order valence-corrected chi connectivity index (χ4v) is 2.06. The third-order valence-corrected chi connectivity index (χ3v) is 3.12. The van der Waals surface area contributed by atoms with E-state index < -0.39 is 0 Å². The van der Waals surface area contributed by atoms with Crippen LogP contribution in [-0.2, 0) is 0 Å². The highest BCUT2D eigenvalue weighted by atomic mass is 16.5. The number of carbonyl (C=O) groups is 1. The molecule has 2 aromatic rings. The summed E-state index contributed by atoms with van der Waals surface area (Å²) in [6, 6.07) is 16.9. The Labute approximate surface area is 142 Å². The molecule has 0 saturated heterocycles. The molecule has 4 nitrogen and oxygen atoms in total. The van der Waals surface area contributed by atoms with Crippen LogP contribution in [0.1, 0.15) is 36.7 Å². The maximum Gasteiger partial charge on any atom is 0.271 e. The molecule has 2 rings (SSSR count). The van der Waals surface area contributed by atoms with E-state index in [2.05, 4.69) is 10.5 Å². The number of rotatable bonds is 6. The Balaban J connectivity index is 1.91. The van der Waals surface area contributed by atoms with Gasteiger partial charge in [0, 0.05) is 5.56 Å². The summed E-state index contributed by atoms with van der Waals surface area (Å²) in [7, 11) is 0. The Bertz CT molecular complexity index is 717. The van der Waals surface area contributed by atoms with E-state index in [4.69, 9.17) is 4.74 Å². The second-order valence-electron chi connectivity index (χ2n) is 5.69. The van der Waals surface area contributed by atoms with E-state index in [1.165, 1.54) is 0 Å². The van der Waals surface area contributed by atoms with Gasteiger partial charge in [0.15, 0.2) is 0 Å². The van der Waals surface area contributed by atoms with Gasteiger partial charge in [-0.25, -0.2) is 5.43 Å². The van der Waals surface area contributed by atoms with Crippen molar-refractivity contribution in [2.75, 3.05) is 0 Å². The number of amides is 1. The first-order valence-corrected chi connectivity index (χ1v) is 7.88. The summed E-state index contributed by atoms with van der Waals surface area (Å²) >= 11 is 0. The second kappa shape index (κ2) is 8.67. The highest BCUT2D eigenvalue weighted by Crippen LogP contribution is 2.13. The van der Waals surface area contributed by atoms with Gasteiger partial charge in [0.2, 0.25) is 0 Å². The quantitative estimate of drug-likeness (QED) is 0.637. The molecule has 0 spiro atoms. The third kappa shape index (κ3) is 5.72. The van der Waals surface area contributed by atoms with Gasteiger partial charge in [0.25, 0.3) is 5.91 Å². The Morgan fingerprint density at radius 3 is 2.38 bits per heavy atom. The highest BCUT2D eigenvalue weighted by Gasteiger charge is 2.04. The number of hydrazone groups is 1. The molecule has 0 fully saturated rings. The summed E-state index contributed by atoms with van der Waals surface area (Å²) in [6.45, 7) is 5.85. The molecule has 0 bridgehead atoms. The molecule has 1 amide bonds. The number of hydrogen-bond acceptors (Lipinski definition) is 3. The van der Waals surface area contributed by atoms with Crippen LogP contribution >= 0.6 is 0 Å². The molecule has 0 aliphatic heterocycles. The first-order valence-electron chi connectivity index (χ1n) is 7.88. The zero-order valence-corrected chi connectivity index (χ0v) is 14.2. The minimum absolute atomic E-state index is 0.105. The average molecular weight is 322 g/mol. The molecular formula is C20H22N2O2. The van der Waals surface area contributed by atoms with Crippen molar-refractivity contribution in [3.8, 4) is 5.75 Å². The molecular weight excluding hydrogens is 300 g/mol. The van der Waals surface area contributed by atoms with Crippen LogP contribution in [0.15, 0.2) is 65.3 Å². The van der Waals surface area contributed by atoms with Gasteiger partial charge in [-0.1, -0.05) is 36.4 Å². The second-order valence-corrected chi connectivity index (χ2v) is 5.69. The number of ether oxygens (including phenoxy) is 1. The van der Waals surface area contributed by atoms with E-state index in [9.17, 15) is 4.79 Å². The molecule has 0 aliphatic carbocycles. The zero-order chi connectivity index (χ0) is 17.4. The van der Waals surface area contributed by atoms with Crippen molar-refractivity contribution >= 4 is 18.2 Å². The van der Waals surface area contributed by atoms with E-state index in [0.717, 1.165) is 16.9 Å². The summed E-state index contributed by atoms with van der Waals surface area (Å²) in [6.07, 6.45) is 3.73. The zero-order valence-electron chi connectivity index (χ0n) is 14.2. The van der Waals surface area contributed by atoms with E-state index in [-0.39, 0.29) is 12.0 Å². The summed E-state index contributed by atoms with van der Waals surface area (Å²) in [4.78, 5) is 12.0. The molecule has 0 heterocycles. The molecule has 1 N–H and O–H groups in total. The molecule has 4 heteroatoms. The Morgan fingerprint density at radius 1 is 1.08 bits per heavy atom. The number of hydrogen-bond donors (Lipinski definition) is 1. The standard InChI is InChI=1S/C20H22N2O2/c1-15(2)24-19-11-9-18(10-12-19)20(23)22-21-14-16(3)13-17-7-5-4-6-8-17/h4-15H,1-3H3,(H,22,23)/b16-13+,21-14-. The topological polar surface area (TPSA) is 50.7 Å². The Morgan fingerprint density at radius 2 is 1.75 bits per heavy atom. The van der Waals surface area contributed by atoms with Crippen LogP contribution in [0, 0.1) is 0 Å². The van der Waals surface area contributed by atoms with Gasteiger partial charge in [-0.05, 0) is 56.2 Å². The number of benzene rings is 2. The maximum absolute atomic E-state index is 12.0. The predicted molar refractivity (Wildman–Crippen MR) is 98.3 cm³/mol. The summed E-state index contributed by atoms with van der Waals surface area (Å²) in [5, 5.41) is 3.99. The van der Waals surface area contributed by atoms with Crippen LogP contribution in [0.2, 0.25) is 0 Å². The first-order chi connectivity index (χ1) is 11.5. The minimum Gasteiger partial charge on any atom is -0.491 e. The van der Waals surface area contributed by atoms with Crippen LogP contribution in [0.5, 0.6) is 5.75 Å². The van der Waals surface area contributed by atoms with Gasteiger partial charge in [0.05, 0.1) is 12.3 Å². The first kappa shape index (κ1) is 17.5. The lowest BCUT2D eigenvalue weighted by Gasteiger charge is -2.09. The molecule has 2 aromatic carbocycles. The summed E-state index contributed by atoms with van der Waals surface area (Å²) in [5.74, 6) is 0.488. The van der Waals surface area contributed by atoms with Crippen molar-refractivity contribution in [3.05, 3.63) is 71.3 Å². The van der Waals surface area contributed by atoms with E-state index in [0.29, 0.717) is 5.56 Å². The lowest BCUT2D eigenvalue weighted by molar-refractivity contribution is 0.0955. The molecule has 0 aliphatic rings. The van der Waals surface area contributed by atoms with Crippen LogP contribution in [0.4, 0.5) is 0 Å². The van der Waals surface area contributed by atoms with Crippen LogP contribution in [0.3, 0.4) is 0 Å². The van der Waals surface area contributed by atoms with Gasteiger partial charge >= 0.3 is 0 Å². The van der Waals surface area contributed by atoms with E-state index >= 15 is 0 Å². The van der Waals surface area contributed by atoms with Gasteiger partial charge < -0.3 is 4.74 Å². The fraction of sp³-hybridized carbons (Fsp3) is 0.200. The van der Waals surface area contributed by atoms with Gasteiger partial charge in [-0.3, -0.25) is 4.79 Å². The van der Waals surface area contributed by atoms with E-state index in [1.807, 2.05) is 57.2 Å². The predicted octanol–water partition coefficient (Wildman–Crippen LogP) is 4.29. The van der Waals surface area contributed by atoms with Crippen LogP contribution in [-0.4, -0.2) is 18.2 Å². The number of carbonyl (C=O) groups excluding carboxylic acids is 1. The maximum atomic E-state index is 12.0. The van der Waals surface area contributed by atoms with Crippen LogP contribution < -0.4 is 10.2 Å². The fourth-order valence-electron chi connectivity index (χ4n) is 2.06. The normalized spacial score (nSPS) is 11.8. The molecule has 0 saturated carbocycles. The van der Waals surface area contributed by atoms with Crippen molar-refractivity contribution in [2.24, 2.45) is 5.10 Å². The third-order valence-electron chi connectivity index (χ3n) is 3.12. The van der Waals surface area contributed by atoms with Crippen molar-refractivity contribution in [3.63, 3.8) is 0 Å². The number of nitrogens with zero attached hydrogens (tertiary/aromatic N) is 1. The molecule has 0 unspecified atom stereocenters.